The van der Waals surface area contributed by atoms with Gasteiger partial charge in [-0.15, -0.1) is 0 Å². The van der Waals surface area contributed by atoms with Crippen molar-refractivity contribution in [2.75, 3.05) is 26.3 Å². The molecular weight excluding hydrogens is 316 g/mol. The van der Waals surface area contributed by atoms with Crippen molar-refractivity contribution in [2.24, 2.45) is 5.92 Å². The number of imidazole rings is 1. The van der Waals surface area contributed by atoms with Crippen molar-refractivity contribution >= 4 is 5.91 Å². The van der Waals surface area contributed by atoms with Gasteiger partial charge in [-0.25, -0.2) is 4.98 Å². The Labute approximate surface area is 147 Å². The Morgan fingerprint density at radius 2 is 2.08 bits per heavy atom. The van der Waals surface area contributed by atoms with Crippen LogP contribution in [0.2, 0.25) is 0 Å². The second kappa shape index (κ2) is 6.96. The largest absolute Gasteiger partial charge is 0.381 e. The summed E-state index contributed by atoms with van der Waals surface area (Å²) in [6, 6.07) is 4.24. The van der Waals surface area contributed by atoms with Gasteiger partial charge in [0.05, 0.1) is 6.04 Å². The van der Waals surface area contributed by atoms with Crippen LogP contribution in [0.5, 0.6) is 0 Å². The van der Waals surface area contributed by atoms with E-state index in [1.807, 2.05) is 29.4 Å². The summed E-state index contributed by atoms with van der Waals surface area (Å²) in [5, 5.41) is 0. The first kappa shape index (κ1) is 16.3. The topological polar surface area (TPSA) is 60.2 Å². The Bertz CT molecular complexity index is 737. The molecule has 2 fully saturated rings. The summed E-state index contributed by atoms with van der Waals surface area (Å²) in [7, 11) is 0. The second-order valence-electron chi connectivity index (χ2n) is 6.95. The van der Waals surface area contributed by atoms with Crippen LogP contribution in [0.25, 0.3) is 11.4 Å². The third kappa shape index (κ3) is 3.18. The molecule has 4 heterocycles. The van der Waals surface area contributed by atoms with Gasteiger partial charge in [0.1, 0.15) is 5.82 Å². The summed E-state index contributed by atoms with van der Waals surface area (Å²) >= 11 is 0. The Morgan fingerprint density at radius 3 is 2.84 bits per heavy atom. The Hall–Kier alpha value is -2.21. The van der Waals surface area contributed by atoms with E-state index in [0.29, 0.717) is 19.1 Å². The summed E-state index contributed by atoms with van der Waals surface area (Å²) in [6.45, 7) is 5.08. The van der Waals surface area contributed by atoms with Crippen LogP contribution in [0.15, 0.2) is 30.7 Å². The molecule has 6 nitrogen and oxygen atoms in total. The highest BCUT2D eigenvalue weighted by molar-refractivity contribution is 5.79. The van der Waals surface area contributed by atoms with Crippen LogP contribution in [0.1, 0.15) is 31.0 Å². The molecular formula is C19H24N4O2. The van der Waals surface area contributed by atoms with E-state index in [9.17, 15) is 4.79 Å². The summed E-state index contributed by atoms with van der Waals surface area (Å²) in [5.74, 6) is 1.37. The normalized spacial score (nSPS) is 21.6. The molecule has 0 spiro atoms. The number of amides is 1. The van der Waals surface area contributed by atoms with Gasteiger partial charge in [0.2, 0.25) is 5.91 Å². The van der Waals surface area contributed by atoms with Crippen molar-refractivity contribution in [3.05, 3.63) is 36.4 Å². The zero-order valence-electron chi connectivity index (χ0n) is 14.6. The van der Waals surface area contributed by atoms with Crippen LogP contribution in [0.3, 0.4) is 0 Å². The number of carbonyl (C=O) groups excluding carboxylic acids is 1. The predicted molar refractivity (Wildman–Crippen MR) is 94.0 cm³/mol. The summed E-state index contributed by atoms with van der Waals surface area (Å²) in [6.07, 6.45) is 8.20. The first-order valence-electron chi connectivity index (χ1n) is 9.05. The number of hydrogen-bond donors (Lipinski definition) is 0. The fourth-order valence-corrected chi connectivity index (χ4v) is 3.97. The first-order valence-corrected chi connectivity index (χ1v) is 9.05. The van der Waals surface area contributed by atoms with Crippen LogP contribution in [0, 0.1) is 12.8 Å². The summed E-state index contributed by atoms with van der Waals surface area (Å²) < 4.78 is 7.66. The van der Waals surface area contributed by atoms with E-state index in [0.717, 1.165) is 49.4 Å². The molecule has 0 saturated carbocycles. The van der Waals surface area contributed by atoms with E-state index < -0.39 is 0 Å². The molecule has 2 aliphatic rings. The van der Waals surface area contributed by atoms with Gasteiger partial charge >= 0.3 is 0 Å². The van der Waals surface area contributed by atoms with Gasteiger partial charge in [0.25, 0.3) is 0 Å². The quantitative estimate of drug-likeness (QED) is 0.861. The minimum absolute atomic E-state index is 0.133. The fourth-order valence-electron chi connectivity index (χ4n) is 3.97. The van der Waals surface area contributed by atoms with Gasteiger partial charge in [-0.05, 0) is 38.3 Å². The zero-order valence-corrected chi connectivity index (χ0v) is 14.6. The van der Waals surface area contributed by atoms with Gasteiger partial charge in [0, 0.05) is 62.1 Å². The second-order valence-corrected chi connectivity index (χ2v) is 6.95. The number of pyridine rings is 1. The van der Waals surface area contributed by atoms with Crippen molar-refractivity contribution in [2.45, 2.75) is 32.2 Å². The minimum Gasteiger partial charge on any atom is -0.381 e. The SMILES string of the molecule is Cc1cnc(-c2cccnc2)n1C1CCN(C(=O)C2CCOCC2)C1. The number of aryl methyl sites for hydroxylation is 1. The predicted octanol–water partition coefficient (Wildman–Crippen LogP) is 2.45. The average Bonchev–Trinajstić information content (AvgIpc) is 3.29. The van der Waals surface area contributed by atoms with E-state index >= 15 is 0 Å². The highest BCUT2D eigenvalue weighted by Gasteiger charge is 2.33. The third-order valence-electron chi connectivity index (χ3n) is 5.31. The van der Waals surface area contributed by atoms with E-state index in [1.165, 1.54) is 0 Å². The maximum Gasteiger partial charge on any atom is 0.225 e. The standard InChI is InChI=1S/C19H24N4O2/c1-14-11-21-18(16-3-2-7-20-12-16)23(14)17-4-8-22(13-17)19(24)15-5-9-25-10-6-15/h2-3,7,11-12,15,17H,4-6,8-10,13H2,1H3. The first-order chi connectivity index (χ1) is 12.2. The van der Waals surface area contributed by atoms with Crippen LogP contribution in [-0.4, -0.2) is 51.6 Å². The molecule has 2 aromatic rings. The highest BCUT2D eigenvalue weighted by Crippen LogP contribution is 2.31. The van der Waals surface area contributed by atoms with E-state index in [1.54, 1.807) is 6.20 Å². The third-order valence-corrected chi connectivity index (χ3v) is 5.31. The number of rotatable bonds is 3. The van der Waals surface area contributed by atoms with Crippen molar-refractivity contribution in [1.82, 2.24) is 19.4 Å². The van der Waals surface area contributed by atoms with Crippen LogP contribution in [-0.2, 0) is 9.53 Å². The number of carbonyl (C=O) groups is 1. The number of ether oxygens (including phenoxy) is 1. The Kier molecular flexibility index (Phi) is 4.53. The molecule has 0 aromatic carbocycles. The molecule has 0 aliphatic carbocycles. The Morgan fingerprint density at radius 1 is 1.24 bits per heavy atom. The van der Waals surface area contributed by atoms with Gasteiger partial charge < -0.3 is 14.2 Å². The molecule has 1 atom stereocenters. The minimum atomic E-state index is 0.133. The van der Waals surface area contributed by atoms with Gasteiger partial charge in [-0.3, -0.25) is 9.78 Å². The molecule has 2 aromatic heterocycles. The maximum absolute atomic E-state index is 12.8. The molecule has 1 unspecified atom stereocenters. The van der Waals surface area contributed by atoms with Crippen molar-refractivity contribution < 1.29 is 9.53 Å². The van der Waals surface area contributed by atoms with Gasteiger partial charge in [-0.1, -0.05) is 0 Å². The molecule has 2 aliphatic heterocycles. The monoisotopic (exact) mass is 340 g/mol. The maximum atomic E-state index is 12.8. The molecule has 0 bridgehead atoms. The molecule has 0 radical (unpaired) electrons. The molecule has 6 heteroatoms. The fraction of sp³-hybridized carbons (Fsp3) is 0.526. The van der Waals surface area contributed by atoms with Gasteiger partial charge in [0.15, 0.2) is 0 Å². The molecule has 1 amide bonds. The molecule has 0 N–H and O–H groups in total. The summed E-state index contributed by atoms with van der Waals surface area (Å²) in [4.78, 5) is 23.6. The van der Waals surface area contributed by atoms with Crippen LogP contribution >= 0.6 is 0 Å². The zero-order chi connectivity index (χ0) is 17.2. The van der Waals surface area contributed by atoms with Crippen LogP contribution in [0.4, 0.5) is 0 Å². The Balaban J connectivity index is 1.52. The lowest BCUT2D eigenvalue weighted by Crippen LogP contribution is -2.37. The molecule has 132 valence electrons. The van der Waals surface area contributed by atoms with Crippen LogP contribution < -0.4 is 0 Å². The van der Waals surface area contributed by atoms with E-state index in [-0.39, 0.29) is 12.0 Å². The lowest BCUT2D eigenvalue weighted by molar-refractivity contribution is -0.137. The molecule has 2 saturated heterocycles. The molecule has 25 heavy (non-hydrogen) atoms. The molecule has 4 rings (SSSR count). The smallest absolute Gasteiger partial charge is 0.225 e. The number of hydrogen-bond acceptors (Lipinski definition) is 4. The summed E-state index contributed by atoms with van der Waals surface area (Å²) in [5.41, 5.74) is 2.15. The average molecular weight is 340 g/mol. The van der Waals surface area contributed by atoms with E-state index in [4.69, 9.17) is 4.74 Å². The van der Waals surface area contributed by atoms with Crippen molar-refractivity contribution in [3.63, 3.8) is 0 Å². The lowest BCUT2D eigenvalue weighted by Gasteiger charge is -2.26. The van der Waals surface area contributed by atoms with Crippen molar-refractivity contribution in [1.29, 1.82) is 0 Å². The van der Waals surface area contributed by atoms with Gasteiger partial charge in [-0.2, -0.15) is 0 Å². The van der Waals surface area contributed by atoms with Crippen molar-refractivity contribution in [3.8, 4) is 11.4 Å². The number of aromatic nitrogens is 3. The van der Waals surface area contributed by atoms with E-state index in [2.05, 4.69) is 21.5 Å². The number of likely N-dealkylation sites (tertiary alicyclic amines) is 1. The number of nitrogens with zero attached hydrogens (tertiary/aromatic N) is 4. The highest BCUT2D eigenvalue weighted by atomic mass is 16.5. The lowest BCUT2D eigenvalue weighted by atomic mass is 9.99.